The van der Waals surface area contributed by atoms with Gasteiger partial charge in [0.25, 0.3) is 11.5 Å². The molecule has 7 nitrogen and oxygen atoms in total. The number of ether oxygens (including phenoxy) is 2. The predicted octanol–water partition coefficient (Wildman–Crippen LogP) is 3.45. The molecule has 1 aromatic carbocycles. The number of amides is 1. The maximum Gasteiger partial charge on any atom is 0.267 e. The largest absolute Gasteiger partial charge is 0.505 e. The number of methoxy groups -OCH3 is 2. The van der Waals surface area contributed by atoms with E-state index in [0.717, 1.165) is 6.42 Å². The van der Waals surface area contributed by atoms with Crippen LogP contribution >= 0.6 is 11.3 Å². The fourth-order valence-corrected chi connectivity index (χ4v) is 3.75. The zero-order valence-electron chi connectivity index (χ0n) is 15.2. The molecule has 1 amide bonds. The Kier molecular flexibility index (Phi) is 5.36. The van der Waals surface area contributed by atoms with Crippen LogP contribution in [-0.4, -0.2) is 29.8 Å². The van der Waals surface area contributed by atoms with E-state index in [1.165, 1.54) is 30.1 Å². The fraction of sp³-hybridized carbons (Fsp3) is 0.263. The van der Waals surface area contributed by atoms with Crippen LogP contribution < -0.4 is 20.3 Å². The van der Waals surface area contributed by atoms with Crippen LogP contribution in [0, 0.1) is 0 Å². The van der Waals surface area contributed by atoms with Crippen molar-refractivity contribution >= 4 is 33.1 Å². The number of anilines is 1. The highest BCUT2D eigenvalue weighted by molar-refractivity contribution is 7.17. The number of carbonyl (C=O) groups excluding carboxylic acids is 1. The van der Waals surface area contributed by atoms with Gasteiger partial charge in [-0.15, -0.1) is 11.3 Å². The van der Waals surface area contributed by atoms with Crippen molar-refractivity contribution in [3.8, 4) is 17.2 Å². The Bertz CT molecular complexity index is 1050. The second kappa shape index (κ2) is 7.71. The first-order chi connectivity index (χ1) is 13.0. The van der Waals surface area contributed by atoms with Gasteiger partial charge in [-0.1, -0.05) is 6.92 Å². The van der Waals surface area contributed by atoms with Crippen molar-refractivity contribution in [2.45, 2.75) is 19.9 Å². The van der Waals surface area contributed by atoms with Crippen LogP contribution in [0.15, 0.2) is 34.4 Å². The summed E-state index contributed by atoms with van der Waals surface area (Å²) in [5.41, 5.74) is 0.267. The zero-order valence-corrected chi connectivity index (χ0v) is 16.1. The lowest BCUT2D eigenvalue weighted by molar-refractivity contribution is 0.102. The number of nitrogens with zero attached hydrogens (tertiary/aromatic N) is 1. The van der Waals surface area contributed by atoms with Gasteiger partial charge < -0.3 is 24.5 Å². The average molecular weight is 388 g/mol. The minimum atomic E-state index is -0.676. The van der Waals surface area contributed by atoms with Crippen molar-refractivity contribution in [2.75, 3.05) is 19.5 Å². The summed E-state index contributed by atoms with van der Waals surface area (Å²) >= 11 is 1.29. The van der Waals surface area contributed by atoms with E-state index in [4.69, 9.17) is 9.47 Å². The number of pyridine rings is 1. The first-order valence-corrected chi connectivity index (χ1v) is 9.26. The van der Waals surface area contributed by atoms with Gasteiger partial charge in [-0.05, 0) is 30.0 Å². The number of carbonyl (C=O) groups is 1. The molecule has 0 aliphatic heterocycles. The second-order valence-corrected chi connectivity index (χ2v) is 6.76. The van der Waals surface area contributed by atoms with Crippen LogP contribution in [0.1, 0.15) is 23.7 Å². The number of rotatable bonds is 6. The van der Waals surface area contributed by atoms with E-state index >= 15 is 0 Å². The molecule has 2 heterocycles. The van der Waals surface area contributed by atoms with Crippen LogP contribution in [0.25, 0.3) is 10.2 Å². The van der Waals surface area contributed by atoms with Gasteiger partial charge in [0.2, 0.25) is 0 Å². The van der Waals surface area contributed by atoms with Crippen molar-refractivity contribution in [1.82, 2.24) is 4.57 Å². The maximum absolute atomic E-state index is 12.8. The van der Waals surface area contributed by atoms with Crippen molar-refractivity contribution in [3.05, 3.63) is 45.6 Å². The normalized spacial score (nSPS) is 10.8. The van der Waals surface area contributed by atoms with Gasteiger partial charge in [0.1, 0.15) is 5.56 Å². The zero-order chi connectivity index (χ0) is 19.6. The molecule has 0 unspecified atom stereocenters. The maximum atomic E-state index is 12.8. The number of thiophene rings is 1. The summed E-state index contributed by atoms with van der Waals surface area (Å²) in [7, 11) is 3.00. The van der Waals surface area contributed by atoms with E-state index in [1.54, 1.807) is 29.6 Å². The Labute approximate surface area is 159 Å². The summed E-state index contributed by atoms with van der Waals surface area (Å²) < 4.78 is 12.4. The highest BCUT2D eigenvalue weighted by Crippen LogP contribution is 2.33. The second-order valence-electron chi connectivity index (χ2n) is 5.84. The number of hydrogen-bond donors (Lipinski definition) is 2. The fourth-order valence-electron chi connectivity index (χ4n) is 2.91. The highest BCUT2D eigenvalue weighted by atomic mass is 32.1. The third-order valence-electron chi connectivity index (χ3n) is 4.16. The predicted molar refractivity (Wildman–Crippen MR) is 106 cm³/mol. The Balaban J connectivity index is 2.05. The molecule has 0 spiro atoms. The minimum absolute atomic E-state index is 0.270. The molecule has 0 saturated carbocycles. The van der Waals surface area contributed by atoms with Crippen LogP contribution in [0.5, 0.6) is 17.2 Å². The van der Waals surface area contributed by atoms with Crippen LogP contribution in [0.4, 0.5) is 5.69 Å². The number of benzene rings is 1. The SMILES string of the molecule is CCCn1c(=O)c(C(=O)Nc2ccc(OC)c(OC)c2)c(O)c2sccc21. The van der Waals surface area contributed by atoms with Gasteiger partial charge >= 0.3 is 0 Å². The molecule has 2 aromatic heterocycles. The Morgan fingerprint density at radius 3 is 2.63 bits per heavy atom. The molecule has 2 N–H and O–H groups in total. The molecule has 0 bridgehead atoms. The van der Waals surface area contributed by atoms with Crippen LogP contribution in [-0.2, 0) is 6.54 Å². The molecule has 0 fully saturated rings. The van der Waals surface area contributed by atoms with Gasteiger partial charge in [-0.3, -0.25) is 9.59 Å². The molecule has 8 heteroatoms. The summed E-state index contributed by atoms with van der Waals surface area (Å²) in [5, 5.41) is 15.0. The van der Waals surface area contributed by atoms with Crippen molar-refractivity contribution in [2.24, 2.45) is 0 Å². The molecule has 0 radical (unpaired) electrons. The Morgan fingerprint density at radius 1 is 1.22 bits per heavy atom. The summed E-state index contributed by atoms with van der Waals surface area (Å²) in [6, 6.07) is 6.63. The van der Waals surface area contributed by atoms with E-state index < -0.39 is 11.5 Å². The summed E-state index contributed by atoms with van der Waals surface area (Å²) in [6.45, 7) is 2.41. The molecule has 3 rings (SSSR count). The van der Waals surface area contributed by atoms with Gasteiger partial charge in [0, 0.05) is 18.3 Å². The Morgan fingerprint density at radius 2 is 1.96 bits per heavy atom. The lowest BCUT2D eigenvalue weighted by atomic mass is 10.2. The topological polar surface area (TPSA) is 89.8 Å². The summed E-state index contributed by atoms with van der Waals surface area (Å²) in [6.07, 6.45) is 0.729. The van der Waals surface area contributed by atoms with E-state index in [-0.39, 0.29) is 11.3 Å². The number of aromatic hydroxyl groups is 1. The summed E-state index contributed by atoms with van der Waals surface area (Å²) in [4.78, 5) is 25.6. The van der Waals surface area contributed by atoms with E-state index in [9.17, 15) is 14.7 Å². The van der Waals surface area contributed by atoms with Crippen LogP contribution in [0.2, 0.25) is 0 Å². The van der Waals surface area contributed by atoms with Gasteiger partial charge in [0.05, 0.1) is 24.4 Å². The van der Waals surface area contributed by atoms with Gasteiger partial charge in [-0.2, -0.15) is 0 Å². The molecular weight excluding hydrogens is 368 g/mol. The van der Waals surface area contributed by atoms with Crippen molar-refractivity contribution in [3.63, 3.8) is 0 Å². The van der Waals surface area contributed by atoms with Crippen molar-refractivity contribution < 1.29 is 19.4 Å². The van der Waals surface area contributed by atoms with Gasteiger partial charge in [0.15, 0.2) is 17.2 Å². The quantitative estimate of drug-likeness (QED) is 0.675. The van der Waals surface area contributed by atoms with Crippen LogP contribution in [0.3, 0.4) is 0 Å². The Hall–Kier alpha value is -3.00. The molecule has 0 atom stereocenters. The molecule has 3 aromatic rings. The first-order valence-electron chi connectivity index (χ1n) is 8.38. The first kappa shape index (κ1) is 18.8. The highest BCUT2D eigenvalue weighted by Gasteiger charge is 2.23. The monoisotopic (exact) mass is 388 g/mol. The molecule has 0 aliphatic carbocycles. The molecular formula is C19H20N2O5S. The molecule has 27 heavy (non-hydrogen) atoms. The van der Waals surface area contributed by atoms with E-state index in [0.29, 0.717) is 33.9 Å². The standard InChI is InChI=1S/C19H20N2O5S/c1-4-8-21-12-7-9-27-17(12)16(22)15(19(21)24)18(23)20-11-5-6-13(25-2)14(10-11)26-3/h5-7,9-10,22H,4,8H2,1-3H3,(H,20,23). The lowest BCUT2D eigenvalue weighted by Crippen LogP contribution is -2.29. The van der Waals surface area contributed by atoms with E-state index in [2.05, 4.69) is 5.32 Å². The molecule has 0 saturated heterocycles. The smallest absolute Gasteiger partial charge is 0.267 e. The number of nitrogens with one attached hydrogen (secondary N) is 1. The average Bonchev–Trinajstić information content (AvgIpc) is 3.15. The molecule has 142 valence electrons. The van der Waals surface area contributed by atoms with Crippen molar-refractivity contribution in [1.29, 1.82) is 0 Å². The third kappa shape index (κ3) is 3.35. The van der Waals surface area contributed by atoms with E-state index in [1.807, 2.05) is 6.92 Å². The number of aromatic nitrogens is 1. The number of fused-ring (bicyclic) bond motifs is 1. The summed E-state index contributed by atoms with van der Waals surface area (Å²) in [5.74, 6) is -0.0134. The third-order valence-corrected chi connectivity index (χ3v) is 5.07. The number of aryl methyl sites for hydroxylation is 1. The lowest BCUT2D eigenvalue weighted by Gasteiger charge is -2.13. The molecule has 0 aliphatic rings. The van der Waals surface area contributed by atoms with Gasteiger partial charge in [-0.25, -0.2) is 0 Å². The minimum Gasteiger partial charge on any atom is -0.505 e. The number of hydrogen-bond acceptors (Lipinski definition) is 6.